The molecule has 0 bridgehead atoms. The number of ether oxygens (including phenoxy) is 2. The third-order valence-corrected chi connectivity index (χ3v) is 8.46. The Hall–Kier alpha value is -3.10. The topological polar surface area (TPSA) is 88.2 Å². The van der Waals surface area contributed by atoms with Gasteiger partial charge in [0.05, 0.1) is 36.8 Å². The van der Waals surface area contributed by atoms with E-state index in [9.17, 15) is 14.4 Å². The van der Waals surface area contributed by atoms with Gasteiger partial charge in [-0.2, -0.15) is 0 Å². The second-order valence-corrected chi connectivity index (χ2v) is 9.96. The van der Waals surface area contributed by atoms with E-state index in [1.807, 2.05) is 24.3 Å². The number of nitrogens with one attached hydrogen (secondary N) is 1. The van der Waals surface area contributed by atoms with Crippen LogP contribution in [0.3, 0.4) is 0 Å². The number of rotatable bonds is 5. The number of fused-ring (bicyclic) bond motifs is 7. The summed E-state index contributed by atoms with van der Waals surface area (Å²) in [4.78, 5) is 44.7. The maximum atomic E-state index is 13.9. The Balaban J connectivity index is 1.35. The SMILES string of the molecule is COc1ccc(CCN2C(=O)[C@@H]3[C@H]4CCCN4[C@@]4(C(=O)Nc5c(Cl)cccc54)[C@@H]3C2=O)cc1OC. The fraction of sp³-hybridized carbons (Fsp3) is 0.423. The van der Waals surface area contributed by atoms with Crippen LogP contribution in [0.25, 0.3) is 0 Å². The van der Waals surface area contributed by atoms with Crippen molar-refractivity contribution in [2.24, 2.45) is 11.8 Å². The first kappa shape index (κ1) is 22.4. The van der Waals surface area contributed by atoms with Crippen molar-refractivity contribution in [2.45, 2.75) is 30.8 Å². The summed E-state index contributed by atoms with van der Waals surface area (Å²) < 4.78 is 10.7. The average Bonchev–Trinajstić information content (AvgIpc) is 3.57. The maximum Gasteiger partial charge on any atom is 0.250 e. The molecule has 0 unspecified atom stereocenters. The molecule has 4 heterocycles. The minimum atomic E-state index is -1.20. The molecule has 0 aliphatic carbocycles. The van der Waals surface area contributed by atoms with Crippen LogP contribution in [0.1, 0.15) is 24.0 Å². The van der Waals surface area contributed by atoms with Crippen molar-refractivity contribution in [1.82, 2.24) is 9.80 Å². The van der Waals surface area contributed by atoms with E-state index in [0.717, 1.165) is 18.4 Å². The van der Waals surface area contributed by atoms with E-state index in [2.05, 4.69) is 10.2 Å². The molecule has 2 aromatic carbocycles. The molecule has 1 spiro atoms. The molecule has 4 atom stereocenters. The van der Waals surface area contributed by atoms with Gasteiger partial charge >= 0.3 is 0 Å². The van der Waals surface area contributed by atoms with Crippen LogP contribution in [0, 0.1) is 11.8 Å². The van der Waals surface area contributed by atoms with Crippen molar-refractivity contribution in [3.8, 4) is 11.5 Å². The standard InChI is InChI=1S/C26H26ClN3O5/c1-34-18-9-8-14(13-19(18)35-2)10-12-29-23(31)20-17-7-4-11-30(17)26(21(20)24(29)32)15-5-3-6-16(27)22(15)28-25(26)33/h3,5-6,8-9,13,17,20-21H,4,7,10-12H2,1-2H3,(H,28,33)/t17-,20-,21+,26-/m1/s1. The zero-order valence-corrected chi connectivity index (χ0v) is 20.3. The van der Waals surface area contributed by atoms with Crippen LogP contribution in [0.5, 0.6) is 11.5 Å². The maximum absolute atomic E-state index is 13.9. The van der Waals surface area contributed by atoms with E-state index in [0.29, 0.717) is 40.7 Å². The third kappa shape index (κ3) is 2.87. The highest BCUT2D eigenvalue weighted by Gasteiger charge is 2.74. The summed E-state index contributed by atoms with van der Waals surface area (Å²) in [7, 11) is 3.14. The molecule has 3 fully saturated rings. The van der Waals surface area contributed by atoms with Crippen LogP contribution < -0.4 is 14.8 Å². The molecule has 4 aliphatic heterocycles. The first-order chi connectivity index (χ1) is 16.9. The Labute approximate surface area is 208 Å². The molecule has 1 N–H and O–H groups in total. The molecule has 6 rings (SSSR count). The molecule has 35 heavy (non-hydrogen) atoms. The van der Waals surface area contributed by atoms with Crippen molar-refractivity contribution in [1.29, 1.82) is 0 Å². The summed E-state index contributed by atoms with van der Waals surface area (Å²) in [5, 5.41) is 3.37. The smallest absolute Gasteiger partial charge is 0.250 e. The zero-order valence-electron chi connectivity index (χ0n) is 19.5. The van der Waals surface area contributed by atoms with Gasteiger partial charge < -0.3 is 14.8 Å². The summed E-state index contributed by atoms with van der Waals surface area (Å²) in [5.74, 6) is -0.806. The van der Waals surface area contributed by atoms with Gasteiger partial charge in [-0.05, 0) is 49.6 Å². The van der Waals surface area contributed by atoms with Gasteiger partial charge in [0.1, 0.15) is 5.54 Å². The number of anilines is 1. The Morgan fingerprint density at radius 2 is 1.89 bits per heavy atom. The number of imide groups is 1. The summed E-state index contributed by atoms with van der Waals surface area (Å²) >= 11 is 6.43. The number of carbonyl (C=O) groups is 3. The number of amides is 3. The summed E-state index contributed by atoms with van der Waals surface area (Å²) in [6.45, 7) is 0.913. The predicted octanol–water partition coefficient (Wildman–Crippen LogP) is 2.83. The molecule has 8 nitrogen and oxygen atoms in total. The monoisotopic (exact) mass is 495 g/mol. The molecule has 0 radical (unpaired) electrons. The Kier molecular flexibility index (Phi) is 5.09. The van der Waals surface area contributed by atoms with Gasteiger partial charge in [0.2, 0.25) is 11.8 Å². The number of likely N-dealkylation sites (tertiary alicyclic amines) is 1. The second kappa shape index (κ2) is 7.96. The number of methoxy groups -OCH3 is 2. The fourth-order valence-electron chi connectivity index (χ4n) is 6.75. The molecule has 4 aliphatic rings. The van der Waals surface area contributed by atoms with Crippen LogP contribution in [0.15, 0.2) is 36.4 Å². The Morgan fingerprint density at radius 1 is 1.09 bits per heavy atom. The van der Waals surface area contributed by atoms with Crippen molar-refractivity contribution in [2.75, 3.05) is 32.6 Å². The van der Waals surface area contributed by atoms with E-state index in [-0.39, 0.29) is 30.3 Å². The number of benzene rings is 2. The first-order valence-corrected chi connectivity index (χ1v) is 12.2. The quantitative estimate of drug-likeness (QED) is 0.642. The molecule has 9 heteroatoms. The number of carbonyl (C=O) groups excluding carboxylic acids is 3. The average molecular weight is 496 g/mol. The van der Waals surface area contributed by atoms with Crippen LogP contribution in [-0.4, -0.2) is 60.9 Å². The molecule has 3 saturated heterocycles. The molecule has 3 amide bonds. The summed E-state index contributed by atoms with van der Waals surface area (Å²) in [5.41, 5.74) is 0.983. The predicted molar refractivity (Wildman–Crippen MR) is 128 cm³/mol. The van der Waals surface area contributed by atoms with E-state index in [1.54, 1.807) is 26.4 Å². The van der Waals surface area contributed by atoms with E-state index in [1.165, 1.54) is 4.90 Å². The van der Waals surface area contributed by atoms with Crippen molar-refractivity contribution in [3.63, 3.8) is 0 Å². The van der Waals surface area contributed by atoms with Gasteiger partial charge in [0.25, 0.3) is 5.91 Å². The highest BCUT2D eigenvalue weighted by atomic mass is 35.5. The van der Waals surface area contributed by atoms with Gasteiger partial charge in [-0.1, -0.05) is 29.8 Å². The number of hydrogen-bond acceptors (Lipinski definition) is 6. The van der Waals surface area contributed by atoms with Crippen LogP contribution in [0.2, 0.25) is 5.02 Å². The Morgan fingerprint density at radius 3 is 2.66 bits per heavy atom. The molecule has 2 aromatic rings. The summed E-state index contributed by atoms with van der Waals surface area (Å²) in [6, 6.07) is 10.8. The van der Waals surface area contributed by atoms with E-state index in [4.69, 9.17) is 21.1 Å². The minimum Gasteiger partial charge on any atom is -0.493 e. The van der Waals surface area contributed by atoms with Crippen LogP contribution in [-0.2, 0) is 26.3 Å². The summed E-state index contributed by atoms with van der Waals surface area (Å²) in [6.07, 6.45) is 2.15. The van der Waals surface area contributed by atoms with Gasteiger partial charge in [-0.15, -0.1) is 0 Å². The number of hydrogen-bond donors (Lipinski definition) is 1. The molecule has 0 aromatic heterocycles. The van der Waals surface area contributed by atoms with Gasteiger partial charge in [0, 0.05) is 18.2 Å². The largest absolute Gasteiger partial charge is 0.493 e. The lowest BCUT2D eigenvalue weighted by atomic mass is 9.75. The highest BCUT2D eigenvalue weighted by Crippen LogP contribution is 2.61. The van der Waals surface area contributed by atoms with Crippen molar-refractivity contribution < 1.29 is 23.9 Å². The molecular weight excluding hydrogens is 470 g/mol. The van der Waals surface area contributed by atoms with Gasteiger partial charge in [-0.3, -0.25) is 24.2 Å². The molecule has 182 valence electrons. The van der Waals surface area contributed by atoms with E-state index >= 15 is 0 Å². The van der Waals surface area contributed by atoms with Crippen LogP contribution >= 0.6 is 11.6 Å². The second-order valence-electron chi connectivity index (χ2n) is 9.56. The van der Waals surface area contributed by atoms with E-state index < -0.39 is 17.4 Å². The van der Waals surface area contributed by atoms with Gasteiger partial charge in [-0.25, -0.2) is 0 Å². The van der Waals surface area contributed by atoms with Crippen molar-refractivity contribution in [3.05, 3.63) is 52.5 Å². The normalized spacial score (nSPS) is 28.9. The first-order valence-electron chi connectivity index (χ1n) is 11.9. The molecular formula is C26H26ClN3O5. The number of nitrogens with zero attached hydrogens (tertiary/aromatic N) is 2. The lowest BCUT2D eigenvalue weighted by Gasteiger charge is -2.36. The highest BCUT2D eigenvalue weighted by molar-refractivity contribution is 6.35. The van der Waals surface area contributed by atoms with Gasteiger partial charge in [0.15, 0.2) is 11.5 Å². The van der Waals surface area contributed by atoms with Crippen LogP contribution in [0.4, 0.5) is 5.69 Å². The third-order valence-electron chi connectivity index (χ3n) is 8.14. The lowest BCUT2D eigenvalue weighted by Crippen LogP contribution is -2.54. The molecule has 0 saturated carbocycles. The zero-order chi connectivity index (χ0) is 24.5. The Bertz CT molecular complexity index is 1270. The number of halogens is 1. The fourth-order valence-corrected chi connectivity index (χ4v) is 6.97. The lowest BCUT2D eigenvalue weighted by molar-refractivity contribution is -0.145. The van der Waals surface area contributed by atoms with Crippen molar-refractivity contribution >= 4 is 35.0 Å². The minimum absolute atomic E-state index is 0.141. The number of para-hydroxylation sites is 1.